The molecule has 2 atom stereocenters. The number of anilines is 1. The molecular formula is C21H28N3O+. The summed E-state index contributed by atoms with van der Waals surface area (Å²) >= 11 is 0. The van der Waals surface area contributed by atoms with Crippen molar-refractivity contribution >= 4 is 11.6 Å². The number of carbonyl (C=O) groups is 1. The number of nitrogens with zero attached hydrogens (tertiary/aromatic N) is 1. The van der Waals surface area contributed by atoms with Crippen LogP contribution < -0.4 is 15.1 Å². The first-order valence-electron chi connectivity index (χ1n) is 8.97. The van der Waals surface area contributed by atoms with Crippen LogP contribution in [0.3, 0.4) is 0 Å². The Balaban J connectivity index is 1.83. The highest BCUT2D eigenvalue weighted by Gasteiger charge is 2.28. The summed E-state index contributed by atoms with van der Waals surface area (Å²) in [6.07, 6.45) is 1.10. The van der Waals surface area contributed by atoms with Crippen LogP contribution in [-0.2, 0) is 17.8 Å². The highest BCUT2D eigenvalue weighted by Crippen LogP contribution is 2.18. The van der Waals surface area contributed by atoms with Gasteiger partial charge in [0.2, 0.25) is 5.91 Å². The first-order chi connectivity index (χ1) is 12.0. The van der Waals surface area contributed by atoms with Crippen molar-refractivity contribution in [2.75, 3.05) is 32.1 Å². The summed E-state index contributed by atoms with van der Waals surface area (Å²) in [6.45, 7) is 4.37. The molecule has 0 spiro atoms. The van der Waals surface area contributed by atoms with Crippen molar-refractivity contribution in [3.63, 3.8) is 0 Å². The zero-order valence-electron chi connectivity index (χ0n) is 15.4. The van der Waals surface area contributed by atoms with Crippen molar-refractivity contribution < 1.29 is 9.69 Å². The van der Waals surface area contributed by atoms with E-state index < -0.39 is 0 Å². The van der Waals surface area contributed by atoms with Gasteiger partial charge in [-0.3, -0.25) is 4.79 Å². The Morgan fingerprint density at radius 3 is 2.44 bits per heavy atom. The topological polar surface area (TPSA) is 36.8 Å². The van der Waals surface area contributed by atoms with E-state index in [4.69, 9.17) is 0 Å². The Morgan fingerprint density at radius 1 is 1.12 bits per heavy atom. The summed E-state index contributed by atoms with van der Waals surface area (Å²) < 4.78 is 0. The molecule has 0 fully saturated rings. The summed E-state index contributed by atoms with van der Waals surface area (Å²) in [5, 5.41) is 3.03. The fraction of sp³-hybridized carbons (Fsp3) is 0.381. The molecule has 0 aromatic heterocycles. The van der Waals surface area contributed by atoms with Gasteiger partial charge in [0.15, 0.2) is 0 Å². The van der Waals surface area contributed by atoms with E-state index in [1.807, 2.05) is 0 Å². The van der Waals surface area contributed by atoms with Crippen molar-refractivity contribution in [2.24, 2.45) is 0 Å². The Kier molecular flexibility index (Phi) is 5.39. The van der Waals surface area contributed by atoms with E-state index in [1.165, 1.54) is 27.3 Å². The lowest BCUT2D eigenvalue weighted by molar-refractivity contribution is -0.945. The quantitative estimate of drug-likeness (QED) is 0.868. The van der Waals surface area contributed by atoms with E-state index in [1.54, 1.807) is 6.92 Å². The second-order valence-electron chi connectivity index (χ2n) is 7.08. The second kappa shape index (κ2) is 7.70. The maximum Gasteiger partial charge on any atom is 0.217 e. The van der Waals surface area contributed by atoms with Gasteiger partial charge in [-0.25, -0.2) is 0 Å². The summed E-state index contributed by atoms with van der Waals surface area (Å²) in [5.41, 5.74) is 5.38. The Morgan fingerprint density at radius 2 is 1.80 bits per heavy atom. The van der Waals surface area contributed by atoms with Crippen molar-refractivity contribution in [3.8, 4) is 0 Å². The molecule has 1 amide bonds. The molecule has 132 valence electrons. The standard InChI is InChI=1S/C21H27N3O/c1-16(25)22-14-21(18-8-10-20(11-9-18)23(2)3)24-13-12-17-6-4-5-7-19(17)15-24/h4-11,21H,12-15H2,1-3H3,(H,22,25)/p+1/t21-/m1/s1. The first kappa shape index (κ1) is 17.5. The van der Waals surface area contributed by atoms with Gasteiger partial charge in [0.25, 0.3) is 0 Å². The average Bonchev–Trinajstić information content (AvgIpc) is 2.62. The lowest BCUT2D eigenvalue weighted by Gasteiger charge is -2.33. The molecule has 1 heterocycles. The number of fused-ring (bicyclic) bond motifs is 1. The summed E-state index contributed by atoms with van der Waals surface area (Å²) in [6, 6.07) is 17.7. The van der Waals surface area contributed by atoms with Gasteiger partial charge in [-0.1, -0.05) is 36.4 Å². The van der Waals surface area contributed by atoms with Crippen molar-refractivity contribution in [1.82, 2.24) is 5.32 Å². The lowest BCUT2D eigenvalue weighted by Crippen LogP contribution is -3.12. The Bertz CT molecular complexity index is 724. The normalized spacial score (nSPS) is 17.5. The third-order valence-corrected chi connectivity index (χ3v) is 5.11. The fourth-order valence-corrected chi connectivity index (χ4v) is 3.65. The molecule has 0 saturated carbocycles. The number of benzene rings is 2. The van der Waals surface area contributed by atoms with Crippen LogP contribution in [-0.4, -0.2) is 33.1 Å². The molecule has 0 saturated heterocycles. The minimum absolute atomic E-state index is 0.0340. The molecular weight excluding hydrogens is 310 g/mol. The fourth-order valence-electron chi connectivity index (χ4n) is 3.65. The van der Waals surface area contributed by atoms with Gasteiger partial charge in [-0.15, -0.1) is 0 Å². The highest BCUT2D eigenvalue weighted by atomic mass is 16.1. The molecule has 0 aliphatic carbocycles. The largest absolute Gasteiger partial charge is 0.378 e. The predicted molar refractivity (Wildman–Crippen MR) is 102 cm³/mol. The molecule has 4 nitrogen and oxygen atoms in total. The smallest absolute Gasteiger partial charge is 0.217 e. The van der Waals surface area contributed by atoms with Crippen LogP contribution in [0, 0.1) is 0 Å². The molecule has 25 heavy (non-hydrogen) atoms. The molecule has 2 aromatic carbocycles. The van der Waals surface area contributed by atoms with Crippen LogP contribution in [0.25, 0.3) is 0 Å². The number of amides is 1. The third kappa shape index (κ3) is 4.20. The predicted octanol–water partition coefficient (Wildman–Crippen LogP) is 1.57. The molecule has 0 radical (unpaired) electrons. The third-order valence-electron chi connectivity index (χ3n) is 5.11. The van der Waals surface area contributed by atoms with Crippen molar-refractivity contribution in [3.05, 3.63) is 65.2 Å². The molecule has 2 N–H and O–H groups in total. The minimum Gasteiger partial charge on any atom is -0.378 e. The minimum atomic E-state index is 0.0340. The molecule has 1 unspecified atom stereocenters. The van der Waals surface area contributed by atoms with Gasteiger partial charge in [0.05, 0.1) is 13.1 Å². The molecule has 0 bridgehead atoms. The molecule has 2 aromatic rings. The number of quaternary nitrogens is 1. The molecule has 4 heteroatoms. The van der Waals surface area contributed by atoms with Crippen LogP contribution in [0.1, 0.15) is 29.7 Å². The van der Waals surface area contributed by atoms with Gasteiger partial charge in [0, 0.05) is 44.3 Å². The van der Waals surface area contributed by atoms with Gasteiger partial charge >= 0.3 is 0 Å². The number of hydrogen-bond acceptors (Lipinski definition) is 2. The van der Waals surface area contributed by atoms with E-state index in [-0.39, 0.29) is 11.9 Å². The van der Waals surface area contributed by atoms with Crippen LogP contribution >= 0.6 is 0 Å². The highest BCUT2D eigenvalue weighted by molar-refractivity contribution is 5.72. The Hall–Kier alpha value is -2.33. The van der Waals surface area contributed by atoms with Gasteiger partial charge in [-0.05, 0) is 17.7 Å². The second-order valence-corrected chi connectivity index (χ2v) is 7.08. The number of rotatable bonds is 5. The van der Waals surface area contributed by atoms with E-state index in [2.05, 4.69) is 72.8 Å². The first-order valence-corrected chi connectivity index (χ1v) is 8.97. The van der Waals surface area contributed by atoms with E-state index in [0.29, 0.717) is 6.54 Å². The zero-order valence-corrected chi connectivity index (χ0v) is 15.4. The molecule has 1 aliphatic rings. The summed E-state index contributed by atoms with van der Waals surface area (Å²) in [4.78, 5) is 15.1. The van der Waals surface area contributed by atoms with Crippen molar-refractivity contribution in [2.45, 2.75) is 25.9 Å². The van der Waals surface area contributed by atoms with Gasteiger partial charge in [-0.2, -0.15) is 0 Å². The average molecular weight is 338 g/mol. The zero-order chi connectivity index (χ0) is 17.8. The summed E-state index contributed by atoms with van der Waals surface area (Å²) in [7, 11) is 4.10. The number of hydrogen-bond donors (Lipinski definition) is 2. The van der Waals surface area contributed by atoms with Gasteiger partial charge < -0.3 is 15.1 Å². The van der Waals surface area contributed by atoms with E-state index in [0.717, 1.165) is 19.5 Å². The van der Waals surface area contributed by atoms with E-state index in [9.17, 15) is 4.79 Å². The van der Waals surface area contributed by atoms with Crippen LogP contribution in [0.4, 0.5) is 5.69 Å². The maximum absolute atomic E-state index is 11.5. The summed E-state index contributed by atoms with van der Waals surface area (Å²) in [5.74, 6) is 0.0340. The monoisotopic (exact) mass is 338 g/mol. The molecule has 1 aliphatic heterocycles. The van der Waals surface area contributed by atoms with Gasteiger partial charge in [0.1, 0.15) is 12.6 Å². The number of carbonyl (C=O) groups excluding carboxylic acids is 1. The maximum atomic E-state index is 11.5. The number of nitrogens with one attached hydrogen (secondary N) is 2. The van der Waals surface area contributed by atoms with Crippen molar-refractivity contribution in [1.29, 1.82) is 0 Å². The van der Waals surface area contributed by atoms with Crippen LogP contribution in [0.5, 0.6) is 0 Å². The Labute approximate surface area is 150 Å². The lowest BCUT2D eigenvalue weighted by atomic mass is 9.96. The van der Waals surface area contributed by atoms with E-state index >= 15 is 0 Å². The van der Waals surface area contributed by atoms with Crippen LogP contribution in [0.15, 0.2) is 48.5 Å². The SMILES string of the molecule is CC(=O)NC[C@H](c1ccc(N(C)C)cc1)[NH+]1CCc2ccccc2C1. The van der Waals surface area contributed by atoms with Crippen LogP contribution in [0.2, 0.25) is 0 Å². The molecule has 3 rings (SSSR count).